The molecule has 4 aromatic carbocycles. The second kappa shape index (κ2) is 22.3. The van der Waals surface area contributed by atoms with Crippen molar-refractivity contribution in [3.8, 4) is 34.0 Å². The van der Waals surface area contributed by atoms with E-state index in [1.165, 1.54) is 35.3 Å². The number of pyridine rings is 1. The summed E-state index contributed by atoms with van der Waals surface area (Å²) in [6.07, 6.45) is -9.87. The van der Waals surface area contributed by atoms with Crippen LogP contribution in [-0.2, 0) is 55.5 Å². The van der Waals surface area contributed by atoms with Crippen LogP contribution in [0.5, 0.6) is 11.5 Å². The largest absolute Gasteiger partial charge is 0.492 e. The van der Waals surface area contributed by atoms with E-state index in [0.717, 1.165) is 52.2 Å². The number of fused-ring (bicyclic) bond motifs is 9. The maximum atomic E-state index is 17.1. The molecule has 0 amide bonds. The van der Waals surface area contributed by atoms with Crippen LogP contribution in [0, 0.1) is 0 Å². The molecule has 10 atom stereocenters. The molecular weight excluding hydrogens is 1150 g/mol. The fraction of sp³-hybridized carbons (Fsp3) is 0.283. The summed E-state index contributed by atoms with van der Waals surface area (Å²) in [5.41, 5.74) is 18.3. The molecule has 3 saturated heterocycles. The summed E-state index contributed by atoms with van der Waals surface area (Å²) in [6, 6.07) is 30.7. The summed E-state index contributed by atoms with van der Waals surface area (Å²) < 4.78 is 115. The normalized spacial score (nSPS) is 26.0. The van der Waals surface area contributed by atoms with E-state index in [-0.39, 0.29) is 57.6 Å². The first kappa shape index (κ1) is 55.4. The lowest BCUT2D eigenvalue weighted by Crippen LogP contribution is -2.37. The average molecular weight is 1200 g/mol. The number of carbonyl (C=O) groups is 1. The highest BCUT2D eigenvalue weighted by Gasteiger charge is 2.55. The van der Waals surface area contributed by atoms with Gasteiger partial charge in [0.2, 0.25) is 5.95 Å². The van der Waals surface area contributed by atoms with Crippen molar-refractivity contribution in [2.75, 3.05) is 43.2 Å². The zero-order valence-corrected chi connectivity index (χ0v) is 47.1. The van der Waals surface area contributed by atoms with Crippen LogP contribution < -0.4 is 31.4 Å². The zero-order valence-electron chi connectivity index (χ0n) is 44.5. The molecule has 5 aromatic heterocycles. The highest BCUT2D eigenvalue weighted by atomic mass is 32.7. The number of nitrogens with one attached hydrogen (secondary N) is 1. The molecule has 0 radical (unpaired) electrons. The number of alkyl halides is 2. The molecule has 0 bridgehead atoms. The highest BCUT2D eigenvalue weighted by molar-refractivity contribution is 8.54. The summed E-state index contributed by atoms with van der Waals surface area (Å²) in [7, 11) is -1.12. The van der Waals surface area contributed by atoms with Crippen LogP contribution in [-0.4, -0.2) is 126 Å². The Labute approximate surface area is 480 Å². The molecule has 9 aromatic rings. The van der Waals surface area contributed by atoms with Crippen LogP contribution in [0.2, 0.25) is 0 Å². The van der Waals surface area contributed by atoms with E-state index in [2.05, 4.69) is 71.4 Å². The number of rotatable bonds is 11. The quantitative estimate of drug-likeness (QED) is 0.0509. The molecule has 31 heteroatoms. The van der Waals surface area contributed by atoms with Crippen molar-refractivity contribution in [2.24, 2.45) is 0 Å². The van der Waals surface area contributed by atoms with Gasteiger partial charge in [-0.05, 0) is 71.0 Å². The van der Waals surface area contributed by atoms with Crippen molar-refractivity contribution in [3.63, 3.8) is 0 Å². The van der Waals surface area contributed by atoms with Crippen LogP contribution in [0.15, 0.2) is 127 Å². The second-order valence-corrected chi connectivity index (χ2v) is 26.2. The number of benzene rings is 4. The number of nitrogens with zero attached hydrogens (tertiary/aromatic N) is 10. The number of halogens is 2. The molecule has 5 N–H and O–H groups in total. The van der Waals surface area contributed by atoms with Gasteiger partial charge in [-0.3, -0.25) is 32.5 Å². The molecular formula is C53H50BF2N13O12P2S. The first-order valence-electron chi connectivity index (χ1n) is 26.3. The molecule has 13 rings (SSSR count). The Morgan fingerprint density at radius 3 is 2.24 bits per heavy atom. The lowest BCUT2D eigenvalue weighted by atomic mass is 9.96. The number of nitrogen functional groups attached to an aromatic ring is 2. The first-order chi connectivity index (χ1) is 40.6. The van der Waals surface area contributed by atoms with E-state index in [0.29, 0.717) is 35.8 Å². The van der Waals surface area contributed by atoms with Crippen molar-refractivity contribution in [1.82, 2.24) is 49.0 Å². The molecule has 0 spiro atoms. The van der Waals surface area contributed by atoms with Gasteiger partial charge in [-0.2, -0.15) is 4.98 Å². The van der Waals surface area contributed by atoms with E-state index in [4.69, 9.17) is 48.5 Å². The summed E-state index contributed by atoms with van der Waals surface area (Å²) in [5, 5.41) is 9.19. The predicted octanol–water partition coefficient (Wildman–Crippen LogP) is 6.97. The van der Waals surface area contributed by atoms with Crippen LogP contribution in [0.1, 0.15) is 33.9 Å². The Bertz CT molecular complexity index is 4150. The van der Waals surface area contributed by atoms with Crippen molar-refractivity contribution < 1.29 is 59.7 Å². The predicted molar refractivity (Wildman–Crippen MR) is 305 cm³/mol. The minimum Gasteiger partial charge on any atom is -0.492 e. The Hall–Kier alpha value is -7.85. The van der Waals surface area contributed by atoms with Gasteiger partial charge in [-0.25, -0.2) is 37.8 Å². The number of ether oxygens (including phenoxy) is 4. The molecule has 4 aliphatic rings. The number of H-pyrrole nitrogens is 1. The smallest absolute Gasteiger partial charge is 0.389 e. The lowest BCUT2D eigenvalue weighted by Gasteiger charge is -2.30. The van der Waals surface area contributed by atoms with E-state index < -0.39 is 88.2 Å². The number of esters is 1. The van der Waals surface area contributed by atoms with E-state index in [9.17, 15) is 14.2 Å². The summed E-state index contributed by atoms with van der Waals surface area (Å²) in [5.74, 6) is -0.287. The average Bonchev–Trinajstić information content (AvgIpc) is 3.10. The molecule has 0 saturated carbocycles. The number of anilines is 3. The number of aromatic amines is 1. The third-order valence-electron chi connectivity index (χ3n) is 14.6. The number of hydrogen-bond donors (Lipinski definition) is 3. The van der Waals surface area contributed by atoms with Crippen molar-refractivity contribution in [2.45, 2.75) is 68.1 Å². The molecule has 432 valence electrons. The van der Waals surface area contributed by atoms with Gasteiger partial charge in [0.1, 0.15) is 53.7 Å². The maximum Gasteiger partial charge on any atom is 0.389 e. The second-order valence-electron chi connectivity index (χ2n) is 20.2. The van der Waals surface area contributed by atoms with Gasteiger partial charge in [0.15, 0.2) is 41.6 Å². The van der Waals surface area contributed by atoms with Crippen LogP contribution in [0.25, 0.3) is 44.8 Å². The minimum atomic E-state index is -4.61. The Balaban J connectivity index is 0.693. The van der Waals surface area contributed by atoms with E-state index in [1.807, 2.05) is 28.9 Å². The Morgan fingerprint density at radius 2 is 1.48 bits per heavy atom. The third-order valence-corrected chi connectivity index (χ3v) is 19.5. The van der Waals surface area contributed by atoms with Crippen LogP contribution in [0.4, 0.5) is 26.1 Å². The molecule has 9 heterocycles. The van der Waals surface area contributed by atoms with Gasteiger partial charge >= 0.3 is 12.8 Å². The fourth-order valence-corrected chi connectivity index (χ4v) is 15.1. The first-order valence-corrected chi connectivity index (χ1v) is 31.4. The summed E-state index contributed by atoms with van der Waals surface area (Å²) in [4.78, 5) is 47.3. The van der Waals surface area contributed by atoms with E-state index in [1.54, 1.807) is 36.4 Å². The zero-order chi connectivity index (χ0) is 58.0. The van der Waals surface area contributed by atoms with Gasteiger partial charge in [-0.1, -0.05) is 59.8 Å². The Morgan fingerprint density at radius 1 is 0.810 bits per heavy atom. The monoisotopic (exact) mass is 1200 g/mol. The highest BCUT2D eigenvalue weighted by Crippen LogP contribution is 2.65. The SMILES string of the molecule is B[P@@]1(=O)OC[C@H]2O[C@@H](n3cnc4c(N)ccnc43)[C@H](F)[C@@H]2O[P@](=O)(SCc2ccc(OC(=O)c3ccc(OCCn4nnc5c4-c4ccccc4CN(C)c4ccccc4-5)cc3)cc2)OC[C@H]2O[C@@H](n3cnc4c(=O)[nH]c(N)nc43)[C@H](F)[C@@H]2O1. The van der Waals surface area contributed by atoms with Crippen LogP contribution >= 0.6 is 25.7 Å². The molecule has 25 nitrogen and oxygen atoms in total. The van der Waals surface area contributed by atoms with Gasteiger partial charge in [0, 0.05) is 42.4 Å². The molecule has 84 heavy (non-hydrogen) atoms. The molecule has 3 fully saturated rings. The molecule has 4 aliphatic heterocycles. The van der Waals surface area contributed by atoms with Gasteiger partial charge in [0.05, 0.1) is 49.4 Å². The van der Waals surface area contributed by atoms with Crippen LogP contribution in [0.3, 0.4) is 0 Å². The van der Waals surface area contributed by atoms with Gasteiger partial charge in [0.25, 0.3) is 20.6 Å². The number of aromatic nitrogens is 10. The lowest BCUT2D eigenvalue weighted by molar-refractivity contribution is -0.0546. The number of hydrogen-bond acceptors (Lipinski definition) is 22. The number of para-hydroxylation sites is 1. The number of imidazole rings is 2. The topological polar surface area (TPSA) is 305 Å². The molecule has 0 unspecified atom stereocenters. The third kappa shape index (κ3) is 10.6. The number of carbonyl (C=O) groups excluding carboxylic acids is 1. The van der Waals surface area contributed by atoms with Crippen molar-refractivity contribution in [1.29, 1.82) is 0 Å². The summed E-state index contributed by atoms with van der Waals surface area (Å²) in [6.45, 7) is -4.62. The summed E-state index contributed by atoms with van der Waals surface area (Å²) >= 11 is 0.670. The van der Waals surface area contributed by atoms with E-state index >= 15 is 13.3 Å². The van der Waals surface area contributed by atoms with Crippen molar-refractivity contribution >= 4 is 78.8 Å². The standard InChI is InChI=1S/C53H50BF2N13O12P2S/c1-66-22-30-6-2-3-7-33(30)44-41(34-8-4-5-9-36(34)66)64-65-69(44)20-21-74-31-16-12-29(13-17-31)52(71)77-32-14-10-28(11-15-32)25-84-83(73)76-24-38-45(39(55)51(79-38)68-27-61-43-48(68)62-53(58)63-49(43)70)80-82(54,72)75-23-37-46(81-83)40(56)50(78-37)67-26-60-42-35(57)18-19-59-47(42)67/h2-19,26-27,37-40,45-46,50-51H,20-25,54H2,1H3,(H2,57,59)(H3,58,62,63,70)/t37-,38-,39-,40-,45-,46-,50-,51-,82-,83-/m1/s1. The fourth-order valence-electron chi connectivity index (χ4n) is 10.6. The minimum absolute atomic E-state index is 0.0810. The van der Waals surface area contributed by atoms with Gasteiger partial charge in [-0.15, -0.1) is 5.10 Å². The Kier molecular flexibility index (Phi) is 14.7. The molecule has 0 aliphatic carbocycles. The number of nitrogens with two attached hydrogens (primary N) is 2. The van der Waals surface area contributed by atoms with Crippen molar-refractivity contribution in [3.05, 3.63) is 149 Å². The maximum absolute atomic E-state index is 17.1. The van der Waals surface area contributed by atoms with Gasteiger partial charge < -0.3 is 44.4 Å².